The summed E-state index contributed by atoms with van der Waals surface area (Å²) < 4.78 is 0. The number of likely N-dealkylation sites (N-methyl/N-ethyl adjacent to an activating group) is 1. The Morgan fingerprint density at radius 2 is 1.62 bits per heavy atom. The molecule has 0 atom stereocenters. The van der Waals surface area contributed by atoms with E-state index in [0.29, 0.717) is 12.1 Å². The normalized spacial score (nSPS) is 14.3. The van der Waals surface area contributed by atoms with Crippen LogP contribution in [0.15, 0.2) is 59.8 Å². The zero-order chi connectivity index (χ0) is 24.1. The molecule has 0 aliphatic carbocycles. The van der Waals surface area contributed by atoms with Crippen LogP contribution in [0.3, 0.4) is 0 Å². The zero-order valence-electron chi connectivity index (χ0n) is 20.5. The van der Waals surface area contributed by atoms with Crippen molar-refractivity contribution in [3.05, 3.63) is 82.5 Å². The van der Waals surface area contributed by atoms with Crippen LogP contribution >= 0.6 is 11.8 Å². The third-order valence-electron chi connectivity index (χ3n) is 6.32. The fraction of sp³-hybridized carbons (Fsp3) is 0.370. The van der Waals surface area contributed by atoms with Crippen molar-refractivity contribution in [2.45, 2.75) is 31.3 Å². The molecule has 0 spiro atoms. The Morgan fingerprint density at radius 3 is 2.29 bits per heavy atom. The van der Waals surface area contributed by atoms with Gasteiger partial charge in [0.05, 0.1) is 0 Å². The molecule has 6 nitrogen and oxygen atoms in total. The number of carbonyl (C=O) groups excluding carboxylic acids is 1. The molecule has 1 saturated heterocycles. The third-order valence-corrected chi connectivity index (χ3v) is 7.24. The van der Waals surface area contributed by atoms with E-state index in [1.165, 1.54) is 0 Å². The molecular weight excluding hydrogens is 442 g/mol. The predicted octanol–water partition coefficient (Wildman–Crippen LogP) is 4.41. The third kappa shape index (κ3) is 5.96. The van der Waals surface area contributed by atoms with E-state index >= 15 is 0 Å². The number of anilines is 1. The molecule has 0 N–H and O–H groups in total. The summed E-state index contributed by atoms with van der Waals surface area (Å²) in [6.07, 6.45) is 0. The van der Waals surface area contributed by atoms with Crippen LogP contribution in [-0.4, -0.2) is 65.9 Å². The minimum Gasteiger partial charge on any atom is -0.354 e. The van der Waals surface area contributed by atoms with E-state index < -0.39 is 0 Å². The van der Waals surface area contributed by atoms with Crippen molar-refractivity contribution < 1.29 is 4.79 Å². The van der Waals surface area contributed by atoms with Crippen molar-refractivity contribution in [2.24, 2.45) is 0 Å². The van der Waals surface area contributed by atoms with E-state index in [9.17, 15) is 4.79 Å². The first kappa shape index (κ1) is 24.2. The van der Waals surface area contributed by atoms with Gasteiger partial charge in [0, 0.05) is 62.3 Å². The summed E-state index contributed by atoms with van der Waals surface area (Å²) in [7, 11) is 4.00. The van der Waals surface area contributed by atoms with Crippen LogP contribution in [0.4, 0.5) is 5.82 Å². The van der Waals surface area contributed by atoms with Crippen LogP contribution in [0.25, 0.3) is 0 Å². The summed E-state index contributed by atoms with van der Waals surface area (Å²) >= 11 is 1.64. The van der Waals surface area contributed by atoms with Crippen LogP contribution < -0.4 is 4.90 Å². The summed E-state index contributed by atoms with van der Waals surface area (Å²) in [4.78, 5) is 28.9. The smallest absolute Gasteiger partial charge is 0.253 e. The number of piperazine rings is 1. The molecule has 1 aliphatic heterocycles. The second-order valence-corrected chi connectivity index (χ2v) is 9.91. The van der Waals surface area contributed by atoms with E-state index in [2.05, 4.69) is 30.7 Å². The van der Waals surface area contributed by atoms with Gasteiger partial charge in [0.2, 0.25) is 0 Å². The van der Waals surface area contributed by atoms with E-state index in [-0.39, 0.29) is 5.91 Å². The largest absolute Gasteiger partial charge is 0.354 e. The Bertz CT molecular complexity index is 1110. The number of hydrogen-bond donors (Lipinski definition) is 0. The van der Waals surface area contributed by atoms with Gasteiger partial charge < -0.3 is 14.7 Å². The van der Waals surface area contributed by atoms with Crippen molar-refractivity contribution >= 4 is 23.5 Å². The highest BCUT2D eigenvalue weighted by Crippen LogP contribution is 2.27. The zero-order valence-corrected chi connectivity index (χ0v) is 21.3. The van der Waals surface area contributed by atoms with Crippen molar-refractivity contribution in [3.63, 3.8) is 0 Å². The average Bonchev–Trinajstić information content (AvgIpc) is 2.85. The number of thioether (sulfide) groups is 1. The molecule has 1 fully saturated rings. The van der Waals surface area contributed by atoms with Crippen molar-refractivity contribution in [3.8, 4) is 0 Å². The number of aromatic nitrogens is 2. The molecule has 34 heavy (non-hydrogen) atoms. The monoisotopic (exact) mass is 475 g/mol. The van der Waals surface area contributed by atoms with Crippen molar-refractivity contribution in [1.29, 1.82) is 0 Å². The van der Waals surface area contributed by atoms with E-state index in [1.807, 2.05) is 61.6 Å². The number of nitrogens with zero attached hydrogens (tertiary/aromatic N) is 5. The molecule has 0 bridgehead atoms. The highest BCUT2D eigenvalue weighted by molar-refractivity contribution is 7.98. The summed E-state index contributed by atoms with van der Waals surface area (Å²) in [6, 6.07) is 17.9. The highest BCUT2D eigenvalue weighted by atomic mass is 32.2. The molecule has 2 aromatic carbocycles. The van der Waals surface area contributed by atoms with Gasteiger partial charge in [0.1, 0.15) is 5.82 Å². The number of rotatable bonds is 7. The number of benzene rings is 2. The number of aryl methyl sites for hydroxylation is 1. The molecule has 1 aliphatic rings. The molecule has 1 aromatic heterocycles. The molecule has 178 valence electrons. The van der Waals surface area contributed by atoms with Gasteiger partial charge in [0.15, 0.2) is 5.16 Å². The first-order chi connectivity index (χ1) is 16.4. The van der Waals surface area contributed by atoms with Gasteiger partial charge in [-0.3, -0.25) is 4.79 Å². The maximum Gasteiger partial charge on any atom is 0.253 e. The maximum atomic E-state index is 12.8. The van der Waals surface area contributed by atoms with Crippen LogP contribution in [0.5, 0.6) is 0 Å². The lowest BCUT2D eigenvalue weighted by molar-refractivity contribution is 0.0785. The summed E-state index contributed by atoms with van der Waals surface area (Å²) in [5.74, 6) is 1.85. The number of hydrogen-bond acceptors (Lipinski definition) is 6. The molecule has 3 aromatic rings. The lowest BCUT2D eigenvalue weighted by Crippen LogP contribution is -2.45. The average molecular weight is 476 g/mol. The van der Waals surface area contributed by atoms with Crippen LogP contribution in [0, 0.1) is 13.8 Å². The van der Waals surface area contributed by atoms with Gasteiger partial charge in [-0.05, 0) is 44.2 Å². The summed E-state index contributed by atoms with van der Waals surface area (Å²) in [5, 5.41) is 0.805. The second-order valence-electron chi connectivity index (χ2n) is 8.96. The van der Waals surface area contributed by atoms with Gasteiger partial charge >= 0.3 is 0 Å². The Labute approximate surface area is 207 Å². The van der Waals surface area contributed by atoms with Gasteiger partial charge in [-0.15, -0.1) is 0 Å². The molecule has 0 unspecified atom stereocenters. The minimum atomic E-state index is 0.0253. The first-order valence-corrected chi connectivity index (χ1v) is 12.7. The minimum absolute atomic E-state index is 0.0253. The Morgan fingerprint density at radius 1 is 0.941 bits per heavy atom. The number of carbonyl (C=O) groups is 1. The Balaban J connectivity index is 1.38. The molecule has 1 amide bonds. The second kappa shape index (κ2) is 11.0. The number of amides is 1. The topological polar surface area (TPSA) is 52.6 Å². The van der Waals surface area contributed by atoms with Gasteiger partial charge in [-0.1, -0.05) is 54.2 Å². The quantitative estimate of drug-likeness (QED) is 0.373. The van der Waals surface area contributed by atoms with Crippen molar-refractivity contribution in [2.75, 3.05) is 45.2 Å². The SMILES string of the molecule is Cc1nc(SCc2ccc(C(=O)N(C)Cc3ccccc3)cc2)nc(N2CCN(C)CC2)c1C. The summed E-state index contributed by atoms with van der Waals surface area (Å²) in [5.41, 5.74) is 5.17. The Kier molecular flexibility index (Phi) is 7.85. The van der Waals surface area contributed by atoms with Crippen LogP contribution in [0.1, 0.15) is 32.7 Å². The molecule has 4 rings (SSSR count). The van der Waals surface area contributed by atoms with Crippen LogP contribution in [0.2, 0.25) is 0 Å². The van der Waals surface area contributed by atoms with Crippen LogP contribution in [-0.2, 0) is 12.3 Å². The van der Waals surface area contributed by atoms with Gasteiger partial charge in [-0.25, -0.2) is 9.97 Å². The Hall–Kier alpha value is -2.90. The van der Waals surface area contributed by atoms with E-state index in [1.54, 1.807) is 16.7 Å². The maximum absolute atomic E-state index is 12.8. The summed E-state index contributed by atoms with van der Waals surface area (Å²) in [6.45, 7) is 8.86. The highest BCUT2D eigenvalue weighted by Gasteiger charge is 2.19. The van der Waals surface area contributed by atoms with Gasteiger partial charge in [-0.2, -0.15) is 0 Å². The van der Waals surface area contributed by atoms with E-state index in [4.69, 9.17) is 9.97 Å². The van der Waals surface area contributed by atoms with E-state index in [0.717, 1.165) is 65.3 Å². The lowest BCUT2D eigenvalue weighted by atomic mass is 10.1. The molecule has 2 heterocycles. The standard InChI is InChI=1S/C27H33N5OS/c1-20-21(2)28-27(29-25(20)32-16-14-30(3)15-17-32)34-19-23-10-12-24(13-11-23)26(33)31(4)18-22-8-6-5-7-9-22/h5-13H,14-19H2,1-4H3. The molecular formula is C27H33N5OS. The fourth-order valence-corrected chi connectivity index (χ4v) is 4.86. The van der Waals surface area contributed by atoms with Gasteiger partial charge in [0.25, 0.3) is 5.91 Å². The first-order valence-electron chi connectivity index (χ1n) is 11.7. The predicted molar refractivity (Wildman–Crippen MR) is 139 cm³/mol. The lowest BCUT2D eigenvalue weighted by Gasteiger charge is -2.34. The van der Waals surface area contributed by atoms with Crippen molar-refractivity contribution in [1.82, 2.24) is 19.8 Å². The molecule has 7 heteroatoms. The molecule has 0 saturated carbocycles. The molecule has 0 radical (unpaired) electrons. The fourth-order valence-electron chi connectivity index (χ4n) is 4.02.